The van der Waals surface area contributed by atoms with Crippen molar-refractivity contribution in [2.75, 3.05) is 5.43 Å². The maximum atomic E-state index is 10.6. The zero-order valence-corrected chi connectivity index (χ0v) is 13.3. The average Bonchev–Trinajstić information content (AvgIpc) is 2.46. The van der Waals surface area contributed by atoms with Gasteiger partial charge in [-0.3, -0.25) is 15.5 Å². The first-order chi connectivity index (χ1) is 9.58. The van der Waals surface area contributed by atoms with E-state index in [9.17, 15) is 10.1 Å². The molecule has 0 spiro atoms. The Morgan fingerprint density at radius 2 is 1.90 bits per heavy atom. The second-order valence-corrected chi connectivity index (χ2v) is 5.41. The van der Waals surface area contributed by atoms with Crippen molar-refractivity contribution in [3.8, 4) is 0 Å². The number of nitrogens with one attached hydrogen (secondary N) is 1. The Bertz CT molecular complexity index is 660. The fraction of sp³-hybridized carbons (Fsp3) is 0. The molecule has 1 N–H and O–H groups in total. The lowest BCUT2D eigenvalue weighted by Crippen LogP contribution is -1.97. The lowest BCUT2D eigenvalue weighted by molar-refractivity contribution is -0.384. The normalized spacial score (nSPS) is 11.2. The van der Waals surface area contributed by atoms with E-state index in [0.29, 0.717) is 14.8 Å². The number of nitrogens with zero attached hydrogens (tertiary/aromatic N) is 2. The molecule has 0 atom stereocenters. The fourth-order valence-corrected chi connectivity index (χ4v) is 2.27. The van der Waals surface area contributed by atoms with Crippen molar-refractivity contribution in [3.63, 3.8) is 0 Å². The van der Waals surface area contributed by atoms with Crippen LogP contribution in [-0.4, -0.2) is 9.54 Å². The first-order valence-electron chi connectivity index (χ1n) is 5.56. The number of rotatable bonds is 4. The van der Waals surface area contributed by atoms with Gasteiger partial charge in [0, 0.05) is 22.2 Å². The van der Waals surface area contributed by atoms with Crippen molar-refractivity contribution in [2.24, 2.45) is 5.10 Å². The van der Waals surface area contributed by atoms with E-state index in [1.54, 1.807) is 6.07 Å². The van der Waals surface area contributed by atoms with Crippen molar-refractivity contribution in [3.05, 3.63) is 68.7 Å². The number of non-ortho nitro benzene ring substituents is 1. The molecule has 0 heterocycles. The molecule has 20 heavy (non-hydrogen) atoms. The highest BCUT2D eigenvalue weighted by atomic mass is 79.9. The monoisotopic (exact) mass is 397 g/mol. The Morgan fingerprint density at radius 3 is 2.50 bits per heavy atom. The van der Waals surface area contributed by atoms with E-state index in [0.717, 1.165) is 5.56 Å². The highest BCUT2D eigenvalue weighted by Gasteiger charge is 2.08. The maximum absolute atomic E-state index is 10.6. The number of nitro benzene ring substituents is 1. The van der Waals surface area contributed by atoms with Gasteiger partial charge in [-0.1, -0.05) is 30.3 Å². The van der Waals surface area contributed by atoms with Gasteiger partial charge in [0.1, 0.15) is 4.62 Å². The first-order valence-corrected chi connectivity index (χ1v) is 7.15. The van der Waals surface area contributed by atoms with Crippen LogP contribution in [0.4, 0.5) is 11.4 Å². The molecule has 2 aromatic rings. The summed E-state index contributed by atoms with van der Waals surface area (Å²) in [7, 11) is 0. The molecule has 2 aromatic carbocycles. The lowest BCUT2D eigenvalue weighted by atomic mass is 10.2. The van der Waals surface area contributed by atoms with Gasteiger partial charge >= 0.3 is 0 Å². The van der Waals surface area contributed by atoms with Gasteiger partial charge < -0.3 is 0 Å². The minimum absolute atomic E-state index is 0.0218. The van der Waals surface area contributed by atoms with Crippen LogP contribution in [0.25, 0.3) is 0 Å². The smallest absolute Gasteiger partial charge is 0.270 e. The zero-order valence-electron chi connectivity index (χ0n) is 10.1. The van der Waals surface area contributed by atoms with Crippen molar-refractivity contribution in [2.45, 2.75) is 0 Å². The van der Waals surface area contributed by atoms with Gasteiger partial charge in [-0.2, -0.15) is 5.10 Å². The fourth-order valence-electron chi connectivity index (χ4n) is 1.46. The van der Waals surface area contributed by atoms with Gasteiger partial charge in [0.05, 0.1) is 10.6 Å². The number of halogens is 2. The third kappa shape index (κ3) is 3.64. The number of nitro groups is 1. The van der Waals surface area contributed by atoms with Crippen LogP contribution in [0.2, 0.25) is 0 Å². The van der Waals surface area contributed by atoms with E-state index in [-0.39, 0.29) is 5.69 Å². The molecular formula is C13H9Br2N3O2. The highest BCUT2D eigenvalue weighted by molar-refractivity contribution is 9.18. The molecule has 0 radical (unpaired) electrons. The molecule has 0 aliphatic carbocycles. The highest BCUT2D eigenvalue weighted by Crippen LogP contribution is 2.27. The van der Waals surface area contributed by atoms with Crippen LogP contribution in [0.15, 0.2) is 58.1 Å². The molecule has 0 aromatic heterocycles. The summed E-state index contributed by atoms with van der Waals surface area (Å²) in [4.78, 5) is 10.2. The van der Waals surface area contributed by atoms with Crippen LogP contribution in [0.1, 0.15) is 5.56 Å². The molecule has 0 aliphatic rings. The average molecular weight is 399 g/mol. The van der Waals surface area contributed by atoms with Crippen molar-refractivity contribution in [1.82, 2.24) is 0 Å². The SMILES string of the molecule is O=[N+]([O-])c1ccc(N/N=C(/Br)c2ccccc2)c(Br)c1. The van der Waals surface area contributed by atoms with E-state index in [1.807, 2.05) is 30.3 Å². The number of hydrogen-bond donors (Lipinski definition) is 1. The Morgan fingerprint density at radius 1 is 1.20 bits per heavy atom. The number of benzene rings is 2. The predicted octanol–water partition coefficient (Wildman–Crippen LogP) is 4.53. The molecule has 0 unspecified atom stereocenters. The van der Waals surface area contributed by atoms with E-state index in [1.165, 1.54) is 12.1 Å². The quantitative estimate of drug-likeness (QED) is 0.467. The molecule has 0 saturated heterocycles. The van der Waals surface area contributed by atoms with Gasteiger partial charge in [-0.25, -0.2) is 0 Å². The van der Waals surface area contributed by atoms with E-state index in [4.69, 9.17) is 0 Å². The standard InChI is InChI=1S/C13H9Br2N3O2/c14-11-8-10(18(19)20)6-7-12(11)16-17-13(15)9-4-2-1-3-5-9/h1-8,16H/b17-13+. The molecule has 102 valence electrons. The summed E-state index contributed by atoms with van der Waals surface area (Å²) < 4.78 is 1.21. The van der Waals surface area contributed by atoms with Crippen molar-refractivity contribution >= 4 is 47.9 Å². The zero-order chi connectivity index (χ0) is 14.5. The summed E-state index contributed by atoms with van der Waals surface area (Å²) in [6.45, 7) is 0. The third-order valence-corrected chi connectivity index (χ3v) is 3.74. The van der Waals surface area contributed by atoms with Crippen LogP contribution < -0.4 is 5.43 Å². The third-order valence-electron chi connectivity index (χ3n) is 2.45. The Hall–Kier alpha value is -1.73. The summed E-state index contributed by atoms with van der Waals surface area (Å²) in [5.74, 6) is 0. The molecule has 0 fully saturated rings. The van der Waals surface area contributed by atoms with Crippen LogP contribution in [0.5, 0.6) is 0 Å². The Labute approximate surface area is 132 Å². The van der Waals surface area contributed by atoms with E-state index in [2.05, 4.69) is 42.4 Å². The Balaban J connectivity index is 2.17. The summed E-state index contributed by atoms with van der Waals surface area (Å²) in [6.07, 6.45) is 0. The summed E-state index contributed by atoms with van der Waals surface area (Å²) >= 11 is 6.64. The van der Waals surface area contributed by atoms with E-state index >= 15 is 0 Å². The molecule has 0 saturated carbocycles. The van der Waals surface area contributed by atoms with Crippen LogP contribution in [-0.2, 0) is 0 Å². The predicted molar refractivity (Wildman–Crippen MR) is 86.3 cm³/mol. The van der Waals surface area contributed by atoms with Gasteiger partial charge in [0.2, 0.25) is 0 Å². The maximum Gasteiger partial charge on any atom is 0.270 e. The topological polar surface area (TPSA) is 67.5 Å². The Kier molecular flexibility index (Phi) is 4.86. The van der Waals surface area contributed by atoms with Gasteiger partial charge in [-0.15, -0.1) is 0 Å². The minimum Gasteiger partial charge on any atom is -0.276 e. The molecule has 0 bridgehead atoms. The van der Waals surface area contributed by atoms with Crippen molar-refractivity contribution in [1.29, 1.82) is 0 Å². The minimum atomic E-state index is -0.447. The molecule has 5 nitrogen and oxygen atoms in total. The first kappa shape index (κ1) is 14.7. The molecule has 7 heteroatoms. The van der Waals surface area contributed by atoms with E-state index < -0.39 is 4.92 Å². The molecular weight excluding hydrogens is 390 g/mol. The second kappa shape index (κ2) is 6.62. The summed E-state index contributed by atoms with van der Waals surface area (Å²) in [5.41, 5.74) is 4.44. The molecule has 0 amide bonds. The van der Waals surface area contributed by atoms with Crippen LogP contribution in [0.3, 0.4) is 0 Å². The molecule has 0 aliphatic heterocycles. The van der Waals surface area contributed by atoms with Gasteiger partial charge in [0.15, 0.2) is 0 Å². The van der Waals surface area contributed by atoms with Crippen LogP contribution >= 0.6 is 31.9 Å². The van der Waals surface area contributed by atoms with Crippen LogP contribution in [0, 0.1) is 10.1 Å². The number of hydrazone groups is 1. The lowest BCUT2D eigenvalue weighted by Gasteiger charge is -2.04. The summed E-state index contributed by atoms with van der Waals surface area (Å²) in [5, 5.41) is 14.8. The summed E-state index contributed by atoms with van der Waals surface area (Å²) in [6, 6.07) is 14.0. The largest absolute Gasteiger partial charge is 0.276 e. The molecule has 2 rings (SSSR count). The van der Waals surface area contributed by atoms with Gasteiger partial charge in [0.25, 0.3) is 5.69 Å². The van der Waals surface area contributed by atoms with Gasteiger partial charge in [-0.05, 0) is 37.9 Å². The number of anilines is 1. The second-order valence-electron chi connectivity index (χ2n) is 3.80. The number of hydrogen-bond acceptors (Lipinski definition) is 4. The van der Waals surface area contributed by atoms with Crippen molar-refractivity contribution < 1.29 is 4.92 Å².